The molecule has 1 unspecified atom stereocenters. The Morgan fingerprint density at radius 1 is 1.23 bits per heavy atom. The number of allylic oxidation sites excluding steroid dienone is 1. The lowest BCUT2D eigenvalue weighted by Gasteiger charge is -2.36. The number of sulfone groups is 1. The number of hydrogen-bond donors (Lipinski definition) is 2. The zero-order chi connectivity index (χ0) is 26.1. The molecule has 1 atom stereocenters. The first-order chi connectivity index (χ1) is 16.3. The van der Waals surface area contributed by atoms with E-state index in [1.165, 1.54) is 32.0 Å². The van der Waals surface area contributed by atoms with Crippen molar-refractivity contribution in [3.8, 4) is 6.07 Å². The fourth-order valence-electron chi connectivity index (χ4n) is 3.91. The molecule has 1 heterocycles. The molecule has 184 valence electrons. The summed E-state index contributed by atoms with van der Waals surface area (Å²) in [5.41, 5.74) is -1.18. The lowest BCUT2D eigenvalue weighted by atomic mass is 9.91. The lowest BCUT2D eigenvalue weighted by Crippen LogP contribution is -2.48. The Kier molecular flexibility index (Phi) is 7.05. The van der Waals surface area contributed by atoms with Crippen molar-refractivity contribution in [1.29, 1.82) is 5.26 Å². The minimum Gasteiger partial charge on any atom is -0.395 e. The number of nitrogens with one attached hydrogen (secondary N) is 1. The summed E-state index contributed by atoms with van der Waals surface area (Å²) in [6.07, 6.45) is -4.66. The lowest BCUT2D eigenvalue weighted by molar-refractivity contribution is -0.137. The largest absolute Gasteiger partial charge is 0.416 e. The highest BCUT2D eigenvalue weighted by molar-refractivity contribution is 7.91. The van der Waals surface area contributed by atoms with Gasteiger partial charge in [-0.25, -0.2) is 13.2 Å². The highest BCUT2D eigenvalue weighted by Crippen LogP contribution is 2.38. The van der Waals surface area contributed by atoms with Gasteiger partial charge in [0, 0.05) is 11.3 Å². The SMILES string of the molecule is CC(=O)C1=C(C)N(c2cccc(C(F)(F)F)c2)C(=O)NC1c1ccc(C#N)cc1S(=O)(=O)CCO. The maximum Gasteiger partial charge on any atom is 0.416 e. The number of amides is 2. The Hall–Kier alpha value is -3.69. The summed E-state index contributed by atoms with van der Waals surface area (Å²) in [5.74, 6) is -1.22. The first kappa shape index (κ1) is 25.9. The fourth-order valence-corrected chi connectivity index (χ4v) is 5.22. The molecule has 0 saturated carbocycles. The van der Waals surface area contributed by atoms with E-state index in [9.17, 15) is 41.5 Å². The van der Waals surface area contributed by atoms with Gasteiger partial charge in [-0.2, -0.15) is 18.4 Å². The summed E-state index contributed by atoms with van der Waals surface area (Å²) in [7, 11) is -4.12. The van der Waals surface area contributed by atoms with Crippen LogP contribution in [0.5, 0.6) is 0 Å². The highest BCUT2D eigenvalue weighted by Gasteiger charge is 2.38. The molecule has 0 radical (unpaired) electrons. The molecule has 0 aromatic heterocycles. The molecule has 1 aliphatic rings. The summed E-state index contributed by atoms with van der Waals surface area (Å²) >= 11 is 0. The van der Waals surface area contributed by atoms with Gasteiger partial charge in [-0.05, 0) is 49.7 Å². The van der Waals surface area contributed by atoms with Crippen LogP contribution in [0, 0.1) is 11.3 Å². The second-order valence-electron chi connectivity index (χ2n) is 7.73. The number of Topliss-reactive ketones (excluding diaryl/α,β-unsaturated/α-hetero) is 1. The predicted molar refractivity (Wildman–Crippen MR) is 119 cm³/mol. The summed E-state index contributed by atoms with van der Waals surface area (Å²) in [6, 6.07) is 7.34. The third-order valence-corrected chi connectivity index (χ3v) is 7.19. The second-order valence-corrected chi connectivity index (χ2v) is 9.81. The molecule has 8 nitrogen and oxygen atoms in total. The van der Waals surface area contributed by atoms with Crippen LogP contribution in [-0.2, 0) is 20.8 Å². The van der Waals surface area contributed by atoms with E-state index in [-0.39, 0.29) is 33.0 Å². The zero-order valence-corrected chi connectivity index (χ0v) is 19.4. The van der Waals surface area contributed by atoms with Crippen LogP contribution in [0.2, 0.25) is 0 Å². The molecule has 1 aliphatic heterocycles. The number of nitriles is 1. The van der Waals surface area contributed by atoms with Gasteiger partial charge in [0.15, 0.2) is 15.6 Å². The molecule has 2 aromatic rings. The van der Waals surface area contributed by atoms with E-state index < -0.39 is 51.8 Å². The Labute approximate surface area is 199 Å². The van der Waals surface area contributed by atoms with E-state index in [1.807, 2.05) is 6.07 Å². The maximum atomic E-state index is 13.2. The Bertz CT molecular complexity index is 1380. The molecule has 0 fully saturated rings. The number of nitrogens with zero attached hydrogens (tertiary/aromatic N) is 2. The zero-order valence-electron chi connectivity index (χ0n) is 18.5. The van der Waals surface area contributed by atoms with Crippen LogP contribution in [0.25, 0.3) is 0 Å². The molecule has 2 amide bonds. The third-order valence-electron chi connectivity index (χ3n) is 5.44. The van der Waals surface area contributed by atoms with Gasteiger partial charge in [-0.1, -0.05) is 12.1 Å². The van der Waals surface area contributed by atoms with Gasteiger partial charge in [0.25, 0.3) is 0 Å². The van der Waals surface area contributed by atoms with Crippen LogP contribution in [0.4, 0.5) is 23.7 Å². The number of ketones is 1. The van der Waals surface area contributed by atoms with Crippen LogP contribution >= 0.6 is 0 Å². The monoisotopic (exact) mass is 507 g/mol. The number of hydrogen-bond acceptors (Lipinski definition) is 6. The van der Waals surface area contributed by atoms with E-state index in [4.69, 9.17) is 0 Å². The van der Waals surface area contributed by atoms with E-state index in [0.717, 1.165) is 29.2 Å². The van der Waals surface area contributed by atoms with E-state index in [0.29, 0.717) is 0 Å². The molecule has 0 aliphatic carbocycles. The molecule has 3 rings (SSSR count). The van der Waals surface area contributed by atoms with Gasteiger partial charge >= 0.3 is 12.2 Å². The maximum absolute atomic E-state index is 13.2. The quantitative estimate of drug-likeness (QED) is 0.616. The van der Waals surface area contributed by atoms with Crippen molar-refractivity contribution in [3.05, 3.63) is 70.4 Å². The number of carbonyl (C=O) groups is 2. The molecule has 0 spiro atoms. The molecule has 2 aromatic carbocycles. The number of aliphatic hydroxyl groups is 1. The smallest absolute Gasteiger partial charge is 0.395 e. The first-order valence-electron chi connectivity index (χ1n) is 10.2. The summed E-state index contributed by atoms with van der Waals surface area (Å²) in [6.45, 7) is 1.85. The number of anilines is 1. The number of rotatable bonds is 6. The van der Waals surface area contributed by atoms with Gasteiger partial charge in [-0.15, -0.1) is 0 Å². The van der Waals surface area contributed by atoms with Gasteiger partial charge in [0.2, 0.25) is 0 Å². The van der Waals surface area contributed by atoms with Crippen molar-refractivity contribution in [2.45, 2.75) is 31.0 Å². The molecular formula is C23H20F3N3O5S. The van der Waals surface area contributed by atoms with Crippen molar-refractivity contribution in [3.63, 3.8) is 0 Å². The van der Waals surface area contributed by atoms with E-state index in [1.54, 1.807) is 0 Å². The van der Waals surface area contributed by atoms with Gasteiger partial charge in [-0.3, -0.25) is 9.69 Å². The van der Waals surface area contributed by atoms with Crippen molar-refractivity contribution in [2.75, 3.05) is 17.3 Å². The molecule has 0 saturated heterocycles. The first-order valence-corrected chi connectivity index (χ1v) is 11.8. The van der Waals surface area contributed by atoms with Crippen LogP contribution in [0.3, 0.4) is 0 Å². The normalized spacial score (nSPS) is 16.7. The summed E-state index contributed by atoms with van der Waals surface area (Å²) in [5, 5.41) is 20.9. The van der Waals surface area contributed by atoms with Gasteiger partial charge < -0.3 is 10.4 Å². The number of urea groups is 1. The number of aliphatic hydroxyl groups excluding tert-OH is 1. The van der Waals surface area contributed by atoms with Crippen LogP contribution in [0.1, 0.15) is 36.6 Å². The Balaban J connectivity index is 2.23. The minimum atomic E-state index is -4.66. The van der Waals surface area contributed by atoms with Crippen molar-refractivity contribution < 1.29 is 36.3 Å². The molecule has 12 heteroatoms. The van der Waals surface area contributed by atoms with Crippen LogP contribution in [-0.4, -0.2) is 37.7 Å². The van der Waals surface area contributed by atoms with Crippen molar-refractivity contribution >= 4 is 27.3 Å². The number of halogens is 3. The predicted octanol–water partition coefficient (Wildman–Crippen LogP) is 3.48. The molecular weight excluding hydrogens is 487 g/mol. The van der Waals surface area contributed by atoms with Crippen LogP contribution in [0.15, 0.2) is 58.6 Å². The third kappa shape index (κ3) is 5.06. The molecule has 35 heavy (non-hydrogen) atoms. The number of benzene rings is 2. The van der Waals surface area contributed by atoms with E-state index >= 15 is 0 Å². The summed E-state index contributed by atoms with van der Waals surface area (Å²) < 4.78 is 65.3. The Morgan fingerprint density at radius 3 is 2.49 bits per heavy atom. The second kappa shape index (κ2) is 9.52. The number of alkyl halides is 3. The standard InChI is InChI=1S/C23H20F3N3O5S/c1-13-20(14(2)31)21(18-7-6-15(12-27)10-19(18)35(33,34)9-8-30)28-22(32)29(13)17-5-3-4-16(11-17)23(24,25)26/h3-7,10-11,21,30H,8-9H2,1-2H3,(H,28,32). The summed E-state index contributed by atoms with van der Waals surface area (Å²) in [4.78, 5) is 26.3. The average molecular weight is 507 g/mol. The van der Waals surface area contributed by atoms with Crippen molar-refractivity contribution in [2.24, 2.45) is 0 Å². The highest BCUT2D eigenvalue weighted by atomic mass is 32.2. The van der Waals surface area contributed by atoms with Gasteiger partial charge in [0.05, 0.1) is 46.2 Å². The minimum absolute atomic E-state index is 0.00284. The topological polar surface area (TPSA) is 128 Å². The average Bonchev–Trinajstić information content (AvgIpc) is 2.77. The number of carbonyl (C=O) groups excluding carboxylic acids is 2. The fraction of sp³-hybridized carbons (Fsp3) is 0.261. The van der Waals surface area contributed by atoms with Gasteiger partial charge in [0.1, 0.15) is 0 Å². The van der Waals surface area contributed by atoms with Crippen LogP contribution < -0.4 is 10.2 Å². The van der Waals surface area contributed by atoms with E-state index in [2.05, 4.69) is 5.32 Å². The molecule has 0 bridgehead atoms. The Morgan fingerprint density at radius 2 is 1.91 bits per heavy atom. The van der Waals surface area contributed by atoms with Crippen molar-refractivity contribution in [1.82, 2.24) is 5.32 Å². The molecule has 2 N–H and O–H groups in total.